The van der Waals surface area contributed by atoms with Crippen molar-refractivity contribution in [2.75, 3.05) is 6.54 Å². The van der Waals surface area contributed by atoms with Gasteiger partial charge in [0, 0.05) is 31.0 Å². The van der Waals surface area contributed by atoms with E-state index >= 15 is 0 Å². The Hall–Kier alpha value is -2.55. The molecule has 2 aromatic rings. The second-order valence-electron chi connectivity index (χ2n) is 7.36. The molecule has 1 heterocycles. The van der Waals surface area contributed by atoms with Gasteiger partial charge in [-0.3, -0.25) is 4.79 Å². The third kappa shape index (κ3) is 5.13. The molecule has 0 aliphatic carbocycles. The summed E-state index contributed by atoms with van der Waals surface area (Å²) in [6.45, 7) is 0.0993. The molecule has 9 heteroatoms. The number of carbonyl (C=O) groups is 1. The predicted octanol–water partition coefficient (Wildman–Crippen LogP) is 4.66. The zero-order valence-corrected chi connectivity index (χ0v) is 15.7. The van der Waals surface area contributed by atoms with Gasteiger partial charge in [-0.1, -0.05) is 30.3 Å². The molecule has 1 amide bonds. The first-order chi connectivity index (χ1) is 13.9. The third-order valence-corrected chi connectivity index (χ3v) is 5.13. The molecule has 3 nitrogen and oxygen atoms in total. The van der Waals surface area contributed by atoms with Crippen molar-refractivity contribution in [2.24, 2.45) is 0 Å². The Kier molecular flexibility index (Phi) is 6.12. The number of hydrogen-bond acceptors (Lipinski definition) is 1. The molecular formula is C21H20F6NO2+. The average Bonchev–Trinajstić information content (AvgIpc) is 2.67. The average molecular weight is 432 g/mol. The molecule has 0 saturated carbocycles. The van der Waals surface area contributed by atoms with Gasteiger partial charge in [-0.25, -0.2) is 0 Å². The lowest BCUT2D eigenvalue weighted by atomic mass is 9.92. The third-order valence-electron chi connectivity index (χ3n) is 5.13. The van der Waals surface area contributed by atoms with Crippen LogP contribution in [0.25, 0.3) is 0 Å². The van der Waals surface area contributed by atoms with Crippen LogP contribution in [0.15, 0.2) is 48.5 Å². The number of nitrogens with zero attached hydrogens (tertiary/aromatic N) is 1. The van der Waals surface area contributed by atoms with Gasteiger partial charge in [-0.15, -0.1) is 0 Å². The minimum atomic E-state index is -5.02. The molecule has 1 aliphatic heterocycles. The van der Waals surface area contributed by atoms with Crippen molar-refractivity contribution < 1.29 is 36.2 Å². The Balaban J connectivity index is 1.96. The number of hydrogen-bond donors (Lipinski definition) is 0. The zero-order chi connectivity index (χ0) is 22.1. The van der Waals surface area contributed by atoms with E-state index in [-0.39, 0.29) is 12.6 Å². The molecule has 2 unspecified atom stereocenters. The molecule has 2 aromatic carbocycles. The summed E-state index contributed by atoms with van der Waals surface area (Å²) >= 11 is 0. The highest BCUT2D eigenvalue weighted by molar-refractivity contribution is 5.95. The SMILES string of the molecule is O=C(c1cc(C(F)(F)F)cc(C(F)(F)F)c1)N1CCC([OH2+])CC1Cc1ccccc1. The maximum atomic E-state index is 13.1. The highest BCUT2D eigenvalue weighted by Gasteiger charge is 2.39. The topological polar surface area (TPSA) is 43.2 Å². The Bertz CT molecular complexity index is 862. The summed E-state index contributed by atoms with van der Waals surface area (Å²) in [4.78, 5) is 14.3. The smallest absolute Gasteiger partial charge is 0.416 e. The first-order valence-electron chi connectivity index (χ1n) is 9.30. The van der Waals surface area contributed by atoms with Crippen molar-refractivity contribution in [1.82, 2.24) is 4.90 Å². The molecule has 162 valence electrons. The van der Waals surface area contributed by atoms with E-state index < -0.39 is 47.1 Å². The van der Waals surface area contributed by atoms with Crippen LogP contribution in [0, 0.1) is 0 Å². The van der Waals surface area contributed by atoms with Crippen LogP contribution < -0.4 is 0 Å². The van der Waals surface area contributed by atoms with Crippen LogP contribution in [0.4, 0.5) is 26.3 Å². The van der Waals surface area contributed by atoms with Gasteiger partial charge in [0.05, 0.1) is 11.1 Å². The van der Waals surface area contributed by atoms with Gasteiger partial charge in [0.2, 0.25) is 0 Å². The van der Waals surface area contributed by atoms with E-state index in [2.05, 4.69) is 0 Å². The number of carbonyl (C=O) groups excluding carboxylic acids is 1. The molecule has 1 saturated heterocycles. The molecule has 1 fully saturated rings. The van der Waals surface area contributed by atoms with Gasteiger partial charge in [-0.05, 0) is 30.2 Å². The van der Waals surface area contributed by atoms with Crippen LogP contribution in [0.5, 0.6) is 0 Å². The Morgan fingerprint density at radius 2 is 1.53 bits per heavy atom. The quantitative estimate of drug-likeness (QED) is 0.514. The molecule has 2 N–H and O–H groups in total. The molecule has 2 atom stereocenters. The van der Waals surface area contributed by atoms with Gasteiger partial charge in [0.25, 0.3) is 5.91 Å². The Labute approximate surface area is 168 Å². The van der Waals surface area contributed by atoms with E-state index in [9.17, 15) is 31.1 Å². The van der Waals surface area contributed by atoms with Crippen molar-refractivity contribution in [3.8, 4) is 0 Å². The van der Waals surface area contributed by atoms with Crippen LogP contribution in [0.2, 0.25) is 0 Å². The molecular weight excluding hydrogens is 412 g/mol. The van der Waals surface area contributed by atoms with Crippen molar-refractivity contribution in [3.63, 3.8) is 0 Å². The molecule has 3 rings (SSSR count). The van der Waals surface area contributed by atoms with Crippen LogP contribution in [-0.4, -0.2) is 34.6 Å². The van der Waals surface area contributed by atoms with E-state index in [0.717, 1.165) is 5.56 Å². The zero-order valence-electron chi connectivity index (χ0n) is 15.7. The van der Waals surface area contributed by atoms with E-state index in [1.54, 1.807) is 12.1 Å². The van der Waals surface area contributed by atoms with Crippen LogP contribution in [0.1, 0.15) is 39.9 Å². The summed E-state index contributed by atoms with van der Waals surface area (Å²) in [5.41, 5.74) is -2.82. The largest absolute Gasteiger partial charge is 0.443 e. The van der Waals surface area contributed by atoms with Gasteiger partial charge < -0.3 is 10.0 Å². The van der Waals surface area contributed by atoms with E-state index in [1.165, 1.54) is 4.90 Å². The second-order valence-corrected chi connectivity index (χ2v) is 7.36. The molecule has 0 radical (unpaired) electrons. The Morgan fingerprint density at radius 3 is 2.07 bits per heavy atom. The summed E-state index contributed by atoms with van der Waals surface area (Å²) in [6, 6.07) is 9.49. The molecule has 0 spiro atoms. The minimum absolute atomic E-state index is 0.00820. The fourth-order valence-electron chi connectivity index (χ4n) is 3.64. The lowest BCUT2D eigenvalue weighted by Crippen LogP contribution is -2.48. The molecule has 0 aromatic heterocycles. The van der Waals surface area contributed by atoms with Gasteiger partial charge in [0.1, 0.15) is 0 Å². The van der Waals surface area contributed by atoms with E-state index in [1.807, 2.05) is 18.2 Å². The first kappa shape index (κ1) is 22.1. The number of alkyl halides is 6. The second kappa shape index (κ2) is 8.29. The van der Waals surface area contributed by atoms with Crippen LogP contribution in [-0.2, 0) is 18.8 Å². The lowest BCUT2D eigenvalue weighted by molar-refractivity contribution is -0.143. The van der Waals surface area contributed by atoms with E-state index in [4.69, 9.17) is 5.11 Å². The number of likely N-dealkylation sites (tertiary alicyclic amines) is 1. The highest BCUT2D eigenvalue weighted by atomic mass is 19.4. The summed E-state index contributed by atoms with van der Waals surface area (Å²) < 4.78 is 78.8. The van der Waals surface area contributed by atoms with Crippen molar-refractivity contribution in [3.05, 3.63) is 70.8 Å². The monoisotopic (exact) mass is 432 g/mol. The Morgan fingerprint density at radius 1 is 0.967 bits per heavy atom. The number of amides is 1. The minimum Gasteiger partial charge on any atom is -0.443 e. The molecule has 1 aliphatic rings. The van der Waals surface area contributed by atoms with Gasteiger partial charge in [0.15, 0.2) is 6.10 Å². The predicted molar refractivity (Wildman–Crippen MR) is 98.1 cm³/mol. The van der Waals surface area contributed by atoms with Crippen molar-refractivity contribution in [1.29, 1.82) is 0 Å². The number of benzene rings is 2. The van der Waals surface area contributed by atoms with E-state index in [0.29, 0.717) is 31.4 Å². The molecule has 0 bridgehead atoms. The van der Waals surface area contributed by atoms with Crippen molar-refractivity contribution >= 4 is 5.91 Å². The fourth-order valence-corrected chi connectivity index (χ4v) is 3.64. The first-order valence-corrected chi connectivity index (χ1v) is 9.30. The number of halogens is 6. The summed E-state index contributed by atoms with van der Waals surface area (Å²) in [7, 11) is 0. The standard InChI is InChI=1S/C21H19F6NO2/c22-20(23,24)15-9-14(10-16(11-15)21(25,26)27)19(30)28-7-6-18(29)12-17(28)8-13-4-2-1-3-5-13/h1-5,9-11,17-18,29H,6-8,12H2/p+1. The molecule has 30 heavy (non-hydrogen) atoms. The van der Waals surface area contributed by atoms with Crippen LogP contribution in [0.3, 0.4) is 0 Å². The summed E-state index contributed by atoms with van der Waals surface area (Å²) in [6.07, 6.45) is -9.52. The highest BCUT2D eigenvalue weighted by Crippen LogP contribution is 2.37. The van der Waals surface area contributed by atoms with Crippen LogP contribution >= 0.6 is 0 Å². The lowest BCUT2D eigenvalue weighted by Gasteiger charge is -2.37. The fraction of sp³-hybridized carbons (Fsp3) is 0.381. The maximum Gasteiger partial charge on any atom is 0.416 e. The normalized spacial score (nSPS) is 20.3. The number of piperidine rings is 1. The summed E-state index contributed by atoms with van der Waals surface area (Å²) in [5.74, 6) is -0.889. The van der Waals surface area contributed by atoms with Crippen molar-refractivity contribution in [2.45, 2.75) is 43.8 Å². The van der Waals surface area contributed by atoms with Gasteiger partial charge in [-0.2, -0.15) is 26.3 Å². The summed E-state index contributed by atoms with van der Waals surface area (Å²) in [5, 5.41) is 8.00. The van der Waals surface area contributed by atoms with Gasteiger partial charge >= 0.3 is 12.4 Å². The number of rotatable bonds is 3. The maximum absolute atomic E-state index is 13.1.